The predicted molar refractivity (Wildman–Crippen MR) is 86.0 cm³/mol. The lowest BCUT2D eigenvalue weighted by molar-refractivity contribution is 0.102. The second-order valence-electron chi connectivity index (χ2n) is 6.50. The Labute approximate surface area is 126 Å². The minimum absolute atomic E-state index is 0.109. The Morgan fingerprint density at radius 1 is 1.00 bits per heavy atom. The number of aryl methyl sites for hydroxylation is 2. The predicted octanol–water partition coefficient (Wildman–Crippen LogP) is 4.75. The van der Waals surface area contributed by atoms with Crippen LogP contribution in [0.5, 0.6) is 0 Å². The van der Waals surface area contributed by atoms with E-state index in [2.05, 4.69) is 38.2 Å². The minimum Gasteiger partial charge on any atom is -0.466 e. The molecule has 3 nitrogen and oxygen atoms in total. The number of rotatable bonds is 2. The Hall–Kier alpha value is -2.03. The Morgan fingerprint density at radius 2 is 1.57 bits per heavy atom. The normalized spacial score (nSPS) is 11.5. The summed E-state index contributed by atoms with van der Waals surface area (Å²) in [7, 11) is 0. The monoisotopic (exact) mass is 285 g/mol. The van der Waals surface area contributed by atoms with Crippen LogP contribution in [0, 0.1) is 20.8 Å². The summed E-state index contributed by atoms with van der Waals surface area (Å²) in [6.45, 7) is 12.1. The first-order chi connectivity index (χ1) is 9.70. The summed E-state index contributed by atoms with van der Waals surface area (Å²) in [6.07, 6.45) is 0. The number of hydrogen-bond donors (Lipinski definition) is 1. The third-order valence-electron chi connectivity index (χ3n) is 3.80. The minimum atomic E-state index is -0.120. The first kappa shape index (κ1) is 15.4. The molecule has 1 aromatic heterocycles. The maximum absolute atomic E-state index is 12.4. The van der Waals surface area contributed by atoms with Crippen molar-refractivity contribution in [2.24, 2.45) is 0 Å². The second kappa shape index (κ2) is 5.40. The van der Waals surface area contributed by atoms with Gasteiger partial charge in [0.25, 0.3) is 5.91 Å². The van der Waals surface area contributed by atoms with E-state index in [1.165, 1.54) is 5.56 Å². The fourth-order valence-electron chi connectivity index (χ4n) is 2.37. The topological polar surface area (TPSA) is 42.2 Å². The Balaban J connectivity index is 2.20. The van der Waals surface area contributed by atoms with Gasteiger partial charge in [0.2, 0.25) is 0 Å². The van der Waals surface area contributed by atoms with Gasteiger partial charge in [-0.3, -0.25) is 4.79 Å². The van der Waals surface area contributed by atoms with Crippen LogP contribution in [0.15, 0.2) is 28.7 Å². The van der Waals surface area contributed by atoms with Crippen LogP contribution in [0.25, 0.3) is 0 Å². The molecule has 0 radical (unpaired) electrons. The Bertz CT molecular complexity index is 658. The lowest BCUT2D eigenvalue weighted by Crippen LogP contribution is -2.14. The van der Waals surface area contributed by atoms with Gasteiger partial charge < -0.3 is 9.73 Å². The zero-order valence-corrected chi connectivity index (χ0v) is 13.6. The lowest BCUT2D eigenvalue weighted by Gasteiger charge is -2.19. The summed E-state index contributed by atoms with van der Waals surface area (Å²) in [5, 5.41) is 2.93. The van der Waals surface area contributed by atoms with E-state index >= 15 is 0 Å². The van der Waals surface area contributed by atoms with Gasteiger partial charge in [-0.25, -0.2) is 0 Å². The number of benzene rings is 1. The molecular formula is C18H23NO2. The molecule has 21 heavy (non-hydrogen) atoms. The number of anilines is 1. The van der Waals surface area contributed by atoms with Gasteiger partial charge >= 0.3 is 0 Å². The summed E-state index contributed by atoms with van der Waals surface area (Å²) in [5.74, 6) is 1.33. The van der Waals surface area contributed by atoms with Crippen molar-refractivity contribution in [1.82, 2.24) is 0 Å². The molecule has 0 aliphatic heterocycles. The zero-order valence-electron chi connectivity index (χ0n) is 13.6. The van der Waals surface area contributed by atoms with Gasteiger partial charge in [-0.15, -0.1) is 0 Å². The second-order valence-corrected chi connectivity index (χ2v) is 6.50. The fraction of sp³-hybridized carbons (Fsp3) is 0.389. The molecule has 2 rings (SSSR count). The average Bonchev–Trinajstić information content (AvgIpc) is 2.62. The molecule has 0 bridgehead atoms. The van der Waals surface area contributed by atoms with Gasteiger partial charge in [0.15, 0.2) is 0 Å². The molecule has 0 saturated carbocycles. The van der Waals surface area contributed by atoms with Crippen LogP contribution >= 0.6 is 0 Å². The molecule has 112 valence electrons. The van der Waals surface area contributed by atoms with Gasteiger partial charge in [-0.1, -0.05) is 32.9 Å². The maximum Gasteiger partial charge on any atom is 0.259 e. The van der Waals surface area contributed by atoms with Crippen molar-refractivity contribution >= 4 is 11.6 Å². The highest BCUT2D eigenvalue weighted by atomic mass is 16.3. The van der Waals surface area contributed by atoms with Crippen LogP contribution in [0.2, 0.25) is 0 Å². The molecule has 0 atom stereocenters. The molecule has 2 aromatic rings. The van der Waals surface area contributed by atoms with Gasteiger partial charge in [-0.05, 0) is 43.9 Å². The highest BCUT2D eigenvalue weighted by Gasteiger charge is 2.19. The standard InChI is InChI=1S/C18H23NO2/c1-11-12(2)21-13(3)16(11)17(20)19-15-9-7-14(8-10-15)18(4,5)6/h7-10H,1-6H3,(H,19,20). The molecule has 1 heterocycles. The zero-order chi connectivity index (χ0) is 15.8. The van der Waals surface area contributed by atoms with Crippen LogP contribution in [-0.2, 0) is 5.41 Å². The number of nitrogens with one attached hydrogen (secondary N) is 1. The number of furan rings is 1. The summed E-state index contributed by atoms with van der Waals surface area (Å²) in [6, 6.07) is 7.98. The molecular weight excluding hydrogens is 262 g/mol. The number of carbonyl (C=O) groups is 1. The van der Waals surface area contributed by atoms with Gasteiger partial charge in [-0.2, -0.15) is 0 Å². The van der Waals surface area contributed by atoms with Gasteiger partial charge in [0.1, 0.15) is 11.5 Å². The van der Waals surface area contributed by atoms with Crippen LogP contribution < -0.4 is 5.32 Å². The lowest BCUT2D eigenvalue weighted by atomic mass is 9.87. The van der Waals surface area contributed by atoms with E-state index in [-0.39, 0.29) is 11.3 Å². The molecule has 0 aliphatic carbocycles. The Morgan fingerprint density at radius 3 is 2.00 bits per heavy atom. The number of hydrogen-bond acceptors (Lipinski definition) is 2. The van der Waals surface area contributed by atoms with Crippen molar-refractivity contribution in [2.75, 3.05) is 5.32 Å². The van der Waals surface area contributed by atoms with Crippen molar-refractivity contribution in [3.63, 3.8) is 0 Å². The quantitative estimate of drug-likeness (QED) is 0.864. The Kier molecular flexibility index (Phi) is 3.95. The summed E-state index contributed by atoms with van der Waals surface area (Å²) < 4.78 is 5.51. The SMILES string of the molecule is Cc1oc(C)c(C(=O)Nc2ccc(C(C)(C)C)cc2)c1C. The molecule has 1 N–H and O–H groups in total. The highest BCUT2D eigenvalue weighted by Crippen LogP contribution is 2.25. The smallest absolute Gasteiger partial charge is 0.259 e. The average molecular weight is 285 g/mol. The summed E-state index contributed by atoms with van der Waals surface area (Å²) in [5.41, 5.74) is 3.68. The molecule has 0 aliphatic rings. The summed E-state index contributed by atoms with van der Waals surface area (Å²) in [4.78, 5) is 12.4. The van der Waals surface area contributed by atoms with Crippen molar-refractivity contribution in [3.8, 4) is 0 Å². The van der Waals surface area contributed by atoms with E-state index in [9.17, 15) is 4.79 Å². The maximum atomic E-state index is 12.4. The van der Waals surface area contributed by atoms with E-state index in [0.29, 0.717) is 11.3 Å². The van der Waals surface area contributed by atoms with Crippen LogP contribution in [0.1, 0.15) is 53.8 Å². The highest BCUT2D eigenvalue weighted by molar-refractivity contribution is 6.06. The van der Waals surface area contributed by atoms with E-state index < -0.39 is 0 Å². The van der Waals surface area contributed by atoms with E-state index in [1.807, 2.05) is 32.9 Å². The third-order valence-corrected chi connectivity index (χ3v) is 3.80. The van der Waals surface area contributed by atoms with E-state index in [0.717, 1.165) is 17.0 Å². The molecule has 1 amide bonds. The molecule has 0 fully saturated rings. The van der Waals surface area contributed by atoms with Crippen LogP contribution in [-0.4, -0.2) is 5.91 Å². The molecule has 1 aromatic carbocycles. The first-order valence-electron chi connectivity index (χ1n) is 7.18. The van der Waals surface area contributed by atoms with Crippen molar-refractivity contribution in [1.29, 1.82) is 0 Å². The molecule has 0 spiro atoms. The van der Waals surface area contributed by atoms with Crippen LogP contribution in [0.4, 0.5) is 5.69 Å². The van der Waals surface area contributed by atoms with Crippen molar-refractivity contribution < 1.29 is 9.21 Å². The van der Waals surface area contributed by atoms with Crippen molar-refractivity contribution in [2.45, 2.75) is 47.0 Å². The molecule has 0 saturated heterocycles. The third kappa shape index (κ3) is 3.18. The van der Waals surface area contributed by atoms with Gasteiger partial charge in [0, 0.05) is 11.3 Å². The van der Waals surface area contributed by atoms with Gasteiger partial charge in [0.05, 0.1) is 5.56 Å². The van der Waals surface area contributed by atoms with E-state index in [4.69, 9.17) is 4.42 Å². The molecule has 3 heteroatoms. The first-order valence-corrected chi connectivity index (χ1v) is 7.18. The number of carbonyl (C=O) groups excluding carboxylic acids is 1. The fourth-order valence-corrected chi connectivity index (χ4v) is 2.37. The van der Waals surface area contributed by atoms with E-state index in [1.54, 1.807) is 0 Å². The van der Waals surface area contributed by atoms with Crippen molar-refractivity contribution in [3.05, 3.63) is 52.5 Å². The molecule has 0 unspecified atom stereocenters. The summed E-state index contributed by atoms with van der Waals surface area (Å²) >= 11 is 0. The largest absolute Gasteiger partial charge is 0.466 e. The number of amides is 1. The van der Waals surface area contributed by atoms with Crippen LogP contribution in [0.3, 0.4) is 0 Å².